The summed E-state index contributed by atoms with van der Waals surface area (Å²) in [7, 11) is 2.98. The second kappa shape index (κ2) is 8.47. The number of nitrogens with zero attached hydrogens (tertiary/aromatic N) is 3. The van der Waals surface area contributed by atoms with Crippen molar-refractivity contribution in [2.75, 3.05) is 14.2 Å². The van der Waals surface area contributed by atoms with Gasteiger partial charge in [0.25, 0.3) is 11.6 Å². The first-order valence-corrected chi connectivity index (χ1v) is 9.44. The zero-order valence-corrected chi connectivity index (χ0v) is 17.2. The van der Waals surface area contributed by atoms with Crippen LogP contribution in [0.3, 0.4) is 0 Å². The molecule has 0 spiro atoms. The maximum absolute atomic E-state index is 12.1. The van der Waals surface area contributed by atoms with E-state index in [4.69, 9.17) is 21.7 Å². The molecular formula is C18H13N3O7S2. The number of methoxy groups -OCH3 is 1. The zero-order valence-electron chi connectivity index (χ0n) is 15.6. The zero-order chi connectivity index (χ0) is 22.0. The number of thioether (sulfide) groups is 1. The summed E-state index contributed by atoms with van der Waals surface area (Å²) in [5.74, 6) is 0.0207. The van der Waals surface area contributed by atoms with Gasteiger partial charge in [0.15, 0.2) is 11.5 Å². The summed E-state index contributed by atoms with van der Waals surface area (Å²) >= 11 is 6.27. The molecule has 30 heavy (non-hydrogen) atoms. The number of nitro groups is 2. The number of carbonyl (C=O) groups excluding carboxylic acids is 1. The van der Waals surface area contributed by atoms with Crippen LogP contribution >= 0.6 is 24.0 Å². The lowest BCUT2D eigenvalue weighted by Crippen LogP contribution is -2.22. The Morgan fingerprint density at radius 3 is 2.33 bits per heavy atom. The monoisotopic (exact) mass is 447 g/mol. The molecule has 0 aliphatic carbocycles. The van der Waals surface area contributed by atoms with Gasteiger partial charge in [-0.2, -0.15) is 0 Å². The van der Waals surface area contributed by atoms with Crippen LogP contribution in [0.15, 0.2) is 41.3 Å². The molecule has 0 atom stereocenters. The van der Waals surface area contributed by atoms with E-state index in [-0.39, 0.29) is 23.2 Å². The number of ether oxygens (including phenoxy) is 2. The molecule has 0 saturated carbocycles. The van der Waals surface area contributed by atoms with E-state index < -0.39 is 21.2 Å². The number of nitro benzene ring substituents is 2. The SMILES string of the molecule is COc1cc(/C=C2\SC(=S)N(C)C2=O)ccc1Oc1ccc([N+](=O)[O-])cc1[N+](=O)[O-]. The summed E-state index contributed by atoms with van der Waals surface area (Å²) in [5.41, 5.74) is -0.349. The normalized spacial score (nSPS) is 14.9. The van der Waals surface area contributed by atoms with Gasteiger partial charge in [0.2, 0.25) is 5.75 Å². The van der Waals surface area contributed by atoms with Crippen LogP contribution in [0.5, 0.6) is 17.2 Å². The van der Waals surface area contributed by atoms with Gasteiger partial charge >= 0.3 is 5.69 Å². The summed E-state index contributed by atoms with van der Waals surface area (Å²) < 4.78 is 11.3. The predicted molar refractivity (Wildman–Crippen MR) is 114 cm³/mol. The number of carbonyl (C=O) groups is 1. The molecule has 3 rings (SSSR count). The van der Waals surface area contributed by atoms with E-state index in [2.05, 4.69) is 0 Å². The summed E-state index contributed by atoms with van der Waals surface area (Å²) in [6.07, 6.45) is 1.64. The van der Waals surface area contributed by atoms with Crippen molar-refractivity contribution in [1.29, 1.82) is 0 Å². The largest absolute Gasteiger partial charge is 0.493 e. The highest BCUT2D eigenvalue weighted by atomic mass is 32.2. The molecular weight excluding hydrogens is 434 g/mol. The van der Waals surface area contributed by atoms with Crippen LogP contribution in [0.25, 0.3) is 6.08 Å². The van der Waals surface area contributed by atoms with E-state index in [9.17, 15) is 25.0 Å². The molecule has 0 unspecified atom stereocenters. The van der Waals surface area contributed by atoms with Gasteiger partial charge in [-0.1, -0.05) is 30.0 Å². The molecule has 0 N–H and O–H groups in total. The molecule has 10 nitrogen and oxygen atoms in total. The first-order chi connectivity index (χ1) is 14.2. The average molecular weight is 447 g/mol. The van der Waals surface area contributed by atoms with Crippen molar-refractivity contribution in [1.82, 2.24) is 4.90 Å². The highest BCUT2D eigenvalue weighted by molar-refractivity contribution is 8.26. The van der Waals surface area contributed by atoms with Gasteiger partial charge in [-0.25, -0.2) is 0 Å². The summed E-state index contributed by atoms with van der Waals surface area (Å²) in [6.45, 7) is 0. The van der Waals surface area contributed by atoms with Crippen LogP contribution in [-0.2, 0) is 4.79 Å². The number of hydrogen-bond acceptors (Lipinski definition) is 9. The number of rotatable bonds is 6. The lowest BCUT2D eigenvalue weighted by molar-refractivity contribution is -0.394. The fourth-order valence-electron chi connectivity index (χ4n) is 2.52. The van der Waals surface area contributed by atoms with Crippen molar-refractivity contribution in [2.24, 2.45) is 0 Å². The number of non-ortho nitro benzene ring substituents is 1. The van der Waals surface area contributed by atoms with E-state index in [0.29, 0.717) is 14.8 Å². The van der Waals surface area contributed by atoms with Crippen molar-refractivity contribution in [2.45, 2.75) is 0 Å². The van der Waals surface area contributed by atoms with Crippen molar-refractivity contribution >= 4 is 51.7 Å². The highest BCUT2D eigenvalue weighted by Gasteiger charge is 2.28. The van der Waals surface area contributed by atoms with Gasteiger partial charge in [0.1, 0.15) is 4.32 Å². The van der Waals surface area contributed by atoms with E-state index >= 15 is 0 Å². The molecule has 0 radical (unpaired) electrons. The van der Waals surface area contributed by atoms with Crippen LogP contribution in [0, 0.1) is 20.2 Å². The molecule has 1 aliphatic rings. The molecule has 1 saturated heterocycles. The van der Waals surface area contributed by atoms with Crippen molar-refractivity contribution in [3.05, 3.63) is 67.1 Å². The second-order valence-electron chi connectivity index (χ2n) is 5.92. The third kappa shape index (κ3) is 4.23. The van der Waals surface area contributed by atoms with Crippen LogP contribution in [0.1, 0.15) is 5.56 Å². The third-order valence-corrected chi connectivity index (χ3v) is 5.53. The van der Waals surface area contributed by atoms with Gasteiger partial charge in [-0.05, 0) is 29.8 Å². The number of amides is 1. The first kappa shape index (κ1) is 21.2. The number of hydrogen-bond donors (Lipinski definition) is 0. The van der Waals surface area contributed by atoms with E-state index in [1.54, 1.807) is 25.3 Å². The topological polar surface area (TPSA) is 125 Å². The van der Waals surface area contributed by atoms with Gasteiger partial charge in [-0.15, -0.1) is 0 Å². The minimum Gasteiger partial charge on any atom is -0.493 e. The van der Waals surface area contributed by atoms with E-state index in [0.717, 1.165) is 18.2 Å². The Labute approximate surface area is 179 Å². The molecule has 0 bridgehead atoms. The molecule has 2 aromatic carbocycles. The van der Waals surface area contributed by atoms with Gasteiger partial charge < -0.3 is 9.47 Å². The minimum absolute atomic E-state index is 0.162. The fraction of sp³-hybridized carbons (Fsp3) is 0.111. The quantitative estimate of drug-likeness (QED) is 0.278. The Hall–Kier alpha value is -3.51. The average Bonchev–Trinajstić information content (AvgIpc) is 2.95. The number of thiocarbonyl (C=S) groups is 1. The Morgan fingerprint density at radius 1 is 1.07 bits per heavy atom. The fourth-order valence-corrected chi connectivity index (χ4v) is 3.70. The maximum atomic E-state index is 12.1. The predicted octanol–water partition coefficient (Wildman–Crippen LogP) is 4.13. The van der Waals surface area contributed by atoms with Crippen molar-refractivity contribution in [3.63, 3.8) is 0 Å². The Balaban J connectivity index is 1.93. The van der Waals surface area contributed by atoms with E-state index in [1.165, 1.54) is 29.8 Å². The number of benzene rings is 2. The van der Waals surface area contributed by atoms with Gasteiger partial charge in [0, 0.05) is 13.1 Å². The second-order valence-corrected chi connectivity index (χ2v) is 7.60. The van der Waals surface area contributed by atoms with Gasteiger partial charge in [-0.3, -0.25) is 29.9 Å². The summed E-state index contributed by atoms with van der Waals surface area (Å²) in [4.78, 5) is 34.6. The Kier molecular flexibility index (Phi) is 5.99. The summed E-state index contributed by atoms with van der Waals surface area (Å²) in [5, 5.41) is 22.2. The number of likely N-dealkylation sites (N-methyl/N-ethyl adjacent to an activating group) is 1. The Bertz CT molecular complexity index is 1120. The van der Waals surface area contributed by atoms with Crippen molar-refractivity contribution in [3.8, 4) is 17.2 Å². The lowest BCUT2D eigenvalue weighted by atomic mass is 10.2. The molecule has 1 aliphatic heterocycles. The van der Waals surface area contributed by atoms with E-state index in [1.807, 2.05) is 0 Å². The molecule has 154 valence electrons. The smallest absolute Gasteiger partial charge is 0.318 e. The molecule has 1 fully saturated rings. The molecule has 1 heterocycles. The van der Waals surface area contributed by atoms with Crippen LogP contribution < -0.4 is 9.47 Å². The van der Waals surface area contributed by atoms with Crippen molar-refractivity contribution < 1.29 is 24.1 Å². The lowest BCUT2D eigenvalue weighted by Gasteiger charge is -2.11. The van der Waals surface area contributed by atoms with Gasteiger partial charge in [0.05, 0.1) is 27.9 Å². The van der Waals surface area contributed by atoms with Crippen LogP contribution in [-0.4, -0.2) is 39.1 Å². The molecule has 12 heteroatoms. The molecule has 0 aromatic heterocycles. The standard InChI is InChI=1S/C18H13N3O7S2/c1-19-17(22)16(30-18(19)29)8-10-3-5-14(15(7-10)27-2)28-13-6-4-11(20(23)24)9-12(13)21(25)26/h3-9H,1-2H3/b16-8-. The minimum atomic E-state index is -0.768. The molecule has 2 aromatic rings. The third-order valence-electron chi connectivity index (χ3n) is 4.04. The first-order valence-electron chi connectivity index (χ1n) is 8.21. The van der Waals surface area contributed by atoms with Crippen LogP contribution in [0.4, 0.5) is 11.4 Å². The molecule has 1 amide bonds. The highest BCUT2D eigenvalue weighted by Crippen LogP contribution is 2.39. The van der Waals surface area contributed by atoms with Crippen LogP contribution in [0.2, 0.25) is 0 Å². The maximum Gasteiger partial charge on any atom is 0.318 e. The Morgan fingerprint density at radius 2 is 1.77 bits per heavy atom. The summed E-state index contributed by atoms with van der Waals surface area (Å²) in [6, 6.07) is 7.82.